The van der Waals surface area contributed by atoms with Crippen molar-refractivity contribution in [3.63, 3.8) is 0 Å². The third kappa shape index (κ3) is 4.86. The van der Waals surface area contributed by atoms with Gasteiger partial charge in [0.05, 0.1) is 6.54 Å². The first-order valence-electron chi connectivity index (χ1n) is 11.3. The highest BCUT2D eigenvalue weighted by atomic mass is 16.5. The summed E-state index contributed by atoms with van der Waals surface area (Å²) < 4.78 is 8.16. The van der Waals surface area contributed by atoms with E-state index in [9.17, 15) is 10.1 Å². The maximum absolute atomic E-state index is 12.6. The van der Waals surface area contributed by atoms with E-state index in [0.29, 0.717) is 13.2 Å². The molecule has 164 valence electrons. The Hall–Kier alpha value is -3.52. The number of amides is 1. The van der Waals surface area contributed by atoms with Crippen molar-refractivity contribution in [2.45, 2.75) is 52.1 Å². The molecular weight excluding hydrogens is 398 g/mol. The number of aromatic nitrogens is 1. The van der Waals surface area contributed by atoms with Gasteiger partial charge in [-0.05, 0) is 56.0 Å². The highest BCUT2D eigenvalue weighted by molar-refractivity contribution is 6.04. The molecule has 32 heavy (non-hydrogen) atoms. The normalized spacial score (nSPS) is 14.5. The number of nitriles is 1. The van der Waals surface area contributed by atoms with Crippen molar-refractivity contribution in [1.29, 1.82) is 5.26 Å². The second-order valence-electron chi connectivity index (χ2n) is 8.54. The fourth-order valence-electron chi connectivity index (χ4n) is 4.33. The molecule has 1 fully saturated rings. The van der Waals surface area contributed by atoms with E-state index in [4.69, 9.17) is 4.74 Å². The van der Waals surface area contributed by atoms with Gasteiger partial charge >= 0.3 is 0 Å². The molecule has 5 heteroatoms. The number of ether oxygens (including phenoxy) is 1. The predicted octanol–water partition coefficient (Wildman–Crippen LogP) is 5.30. The zero-order valence-corrected chi connectivity index (χ0v) is 18.7. The van der Waals surface area contributed by atoms with Gasteiger partial charge < -0.3 is 14.6 Å². The Kier molecular flexibility index (Phi) is 6.61. The van der Waals surface area contributed by atoms with Gasteiger partial charge in [-0.25, -0.2) is 0 Å². The van der Waals surface area contributed by atoms with Crippen molar-refractivity contribution in [3.8, 4) is 11.8 Å². The molecule has 1 saturated carbocycles. The van der Waals surface area contributed by atoms with Crippen molar-refractivity contribution in [1.82, 2.24) is 9.88 Å². The summed E-state index contributed by atoms with van der Waals surface area (Å²) in [5, 5.41) is 13.6. The quantitative estimate of drug-likeness (QED) is 0.411. The van der Waals surface area contributed by atoms with Crippen molar-refractivity contribution in [3.05, 3.63) is 70.9 Å². The Bertz CT molecular complexity index is 1190. The monoisotopic (exact) mass is 427 g/mol. The van der Waals surface area contributed by atoms with Gasteiger partial charge in [-0.1, -0.05) is 43.2 Å². The lowest BCUT2D eigenvalue weighted by atomic mass is 10.1. The lowest BCUT2D eigenvalue weighted by molar-refractivity contribution is -0.117. The summed E-state index contributed by atoms with van der Waals surface area (Å²) in [5.74, 6) is 0.617. The van der Waals surface area contributed by atoms with Crippen LogP contribution in [0, 0.1) is 25.2 Å². The van der Waals surface area contributed by atoms with Crippen LogP contribution in [0.5, 0.6) is 5.75 Å². The SMILES string of the molecule is Cc1ccc(C)c(OCCn2cc(C=C(C#N)C(=O)NC3CCCC3)c3ccccc32)c1. The molecule has 0 aliphatic heterocycles. The smallest absolute Gasteiger partial charge is 0.262 e. The second kappa shape index (κ2) is 9.74. The van der Waals surface area contributed by atoms with Gasteiger partial charge in [0.2, 0.25) is 0 Å². The molecule has 1 N–H and O–H groups in total. The van der Waals surface area contributed by atoms with Crippen molar-refractivity contribution >= 4 is 22.9 Å². The Balaban J connectivity index is 1.54. The van der Waals surface area contributed by atoms with Gasteiger partial charge in [-0.2, -0.15) is 5.26 Å². The second-order valence-corrected chi connectivity index (χ2v) is 8.54. The molecule has 1 aliphatic rings. The fraction of sp³-hybridized carbons (Fsp3) is 0.333. The Morgan fingerprint density at radius 2 is 2.00 bits per heavy atom. The summed E-state index contributed by atoms with van der Waals surface area (Å²) in [5.41, 5.74) is 4.35. The number of carbonyl (C=O) groups is 1. The van der Waals surface area contributed by atoms with Crippen LogP contribution in [0.4, 0.5) is 0 Å². The van der Waals surface area contributed by atoms with Gasteiger partial charge in [0.15, 0.2) is 0 Å². The molecule has 4 rings (SSSR count). The predicted molar refractivity (Wildman–Crippen MR) is 127 cm³/mol. The Labute approximate surface area is 189 Å². The lowest BCUT2D eigenvalue weighted by Gasteiger charge is -2.11. The molecule has 1 aliphatic carbocycles. The Morgan fingerprint density at radius 1 is 1.22 bits per heavy atom. The Morgan fingerprint density at radius 3 is 2.78 bits per heavy atom. The van der Waals surface area contributed by atoms with Crippen LogP contribution >= 0.6 is 0 Å². The van der Waals surface area contributed by atoms with Crippen molar-refractivity contribution in [2.75, 3.05) is 6.61 Å². The van der Waals surface area contributed by atoms with Crippen LogP contribution in [0.25, 0.3) is 17.0 Å². The highest BCUT2D eigenvalue weighted by Gasteiger charge is 2.19. The van der Waals surface area contributed by atoms with Gasteiger partial charge in [0.25, 0.3) is 5.91 Å². The van der Waals surface area contributed by atoms with Crippen LogP contribution in [-0.2, 0) is 11.3 Å². The van der Waals surface area contributed by atoms with E-state index in [1.165, 1.54) is 5.56 Å². The van der Waals surface area contributed by atoms with E-state index in [-0.39, 0.29) is 17.5 Å². The summed E-state index contributed by atoms with van der Waals surface area (Å²) in [6.07, 6.45) is 7.95. The van der Waals surface area contributed by atoms with Crippen LogP contribution in [0.15, 0.2) is 54.2 Å². The summed E-state index contributed by atoms with van der Waals surface area (Å²) in [4.78, 5) is 12.6. The van der Waals surface area contributed by atoms with Crippen LogP contribution in [-0.4, -0.2) is 23.1 Å². The zero-order chi connectivity index (χ0) is 22.5. The summed E-state index contributed by atoms with van der Waals surface area (Å²) >= 11 is 0. The number of nitrogens with one attached hydrogen (secondary N) is 1. The topological polar surface area (TPSA) is 67.0 Å². The van der Waals surface area contributed by atoms with Crippen LogP contribution in [0.1, 0.15) is 42.4 Å². The third-order valence-corrected chi connectivity index (χ3v) is 6.11. The minimum Gasteiger partial charge on any atom is -0.491 e. The molecule has 0 radical (unpaired) electrons. The number of carbonyl (C=O) groups excluding carboxylic acids is 1. The summed E-state index contributed by atoms with van der Waals surface area (Å²) in [6, 6.07) is 16.5. The van der Waals surface area contributed by atoms with E-state index in [1.54, 1.807) is 6.08 Å². The molecule has 0 atom stereocenters. The van der Waals surface area contributed by atoms with E-state index in [0.717, 1.165) is 53.5 Å². The average molecular weight is 428 g/mol. The van der Waals surface area contributed by atoms with Crippen LogP contribution in [0.3, 0.4) is 0 Å². The molecule has 3 aromatic rings. The maximum Gasteiger partial charge on any atom is 0.262 e. The van der Waals surface area contributed by atoms with Gasteiger partial charge in [0, 0.05) is 28.7 Å². The van der Waals surface area contributed by atoms with Gasteiger partial charge in [0.1, 0.15) is 24.0 Å². The summed E-state index contributed by atoms with van der Waals surface area (Å²) in [6.45, 7) is 5.29. The number of aryl methyl sites for hydroxylation is 2. The van der Waals surface area contributed by atoms with Gasteiger partial charge in [-0.15, -0.1) is 0 Å². The first kappa shape index (κ1) is 21.7. The number of hydrogen-bond acceptors (Lipinski definition) is 3. The van der Waals surface area contributed by atoms with E-state index in [2.05, 4.69) is 47.1 Å². The number of nitrogens with zero attached hydrogens (tertiary/aromatic N) is 2. The largest absolute Gasteiger partial charge is 0.491 e. The number of fused-ring (bicyclic) bond motifs is 1. The molecule has 5 nitrogen and oxygen atoms in total. The maximum atomic E-state index is 12.6. The molecule has 0 bridgehead atoms. The summed E-state index contributed by atoms with van der Waals surface area (Å²) in [7, 11) is 0. The number of benzene rings is 2. The lowest BCUT2D eigenvalue weighted by Crippen LogP contribution is -2.33. The molecule has 0 spiro atoms. The first-order valence-corrected chi connectivity index (χ1v) is 11.3. The van der Waals surface area contributed by atoms with E-state index >= 15 is 0 Å². The van der Waals surface area contributed by atoms with E-state index in [1.807, 2.05) is 31.3 Å². The fourth-order valence-corrected chi connectivity index (χ4v) is 4.33. The number of rotatable bonds is 7. The van der Waals surface area contributed by atoms with Crippen molar-refractivity contribution in [2.24, 2.45) is 0 Å². The number of hydrogen-bond donors (Lipinski definition) is 1. The number of para-hydroxylation sites is 1. The molecule has 0 saturated heterocycles. The van der Waals surface area contributed by atoms with Crippen molar-refractivity contribution < 1.29 is 9.53 Å². The average Bonchev–Trinajstić information content (AvgIpc) is 3.42. The zero-order valence-electron chi connectivity index (χ0n) is 18.7. The molecule has 0 unspecified atom stereocenters. The minimum atomic E-state index is -0.283. The van der Waals surface area contributed by atoms with Crippen LogP contribution in [0.2, 0.25) is 0 Å². The molecule has 1 heterocycles. The molecule has 1 amide bonds. The first-order chi connectivity index (χ1) is 15.5. The van der Waals surface area contributed by atoms with Gasteiger partial charge in [-0.3, -0.25) is 4.79 Å². The van der Waals surface area contributed by atoms with E-state index < -0.39 is 0 Å². The molecule has 1 aromatic heterocycles. The highest BCUT2D eigenvalue weighted by Crippen LogP contribution is 2.25. The van der Waals surface area contributed by atoms with Crippen LogP contribution < -0.4 is 10.1 Å². The molecular formula is C27H29N3O2. The molecule has 2 aromatic carbocycles. The standard InChI is InChI=1S/C27H29N3O2/c1-19-11-12-20(2)26(15-19)32-14-13-30-18-22(24-9-5-6-10-25(24)30)16-21(17-28)27(31)29-23-7-3-4-8-23/h5-6,9-12,15-16,18,23H,3-4,7-8,13-14H2,1-2H3,(H,29,31). The minimum absolute atomic E-state index is 0.145. The third-order valence-electron chi connectivity index (χ3n) is 6.11.